The first kappa shape index (κ1) is 21.5. The van der Waals surface area contributed by atoms with E-state index in [2.05, 4.69) is 4.98 Å². The molecule has 1 aliphatic heterocycles. The van der Waals surface area contributed by atoms with Gasteiger partial charge in [0.2, 0.25) is 5.78 Å². The van der Waals surface area contributed by atoms with Crippen LogP contribution in [0.5, 0.6) is 0 Å². The monoisotopic (exact) mass is 475 g/mol. The first-order chi connectivity index (χ1) is 16.4. The van der Waals surface area contributed by atoms with Crippen molar-refractivity contribution in [1.82, 2.24) is 4.98 Å². The van der Waals surface area contributed by atoms with Crippen LogP contribution in [0, 0.1) is 10.1 Å². The van der Waals surface area contributed by atoms with E-state index in [1.807, 2.05) is 25.1 Å². The largest absolute Gasteiger partial charge is 0.503 e. The summed E-state index contributed by atoms with van der Waals surface area (Å²) in [6, 6.07) is 13.2. The molecule has 34 heavy (non-hydrogen) atoms. The molecule has 1 atom stereocenters. The maximum atomic E-state index is 13.3. The molecule has 4 aromatic rings. The predicted octanol–water partition coefficient (Wildman–Crippen LogP) is 5.14. The average molecular weight is 475 g/mol. The molecule has 5 rings (SSSR count). The third kappa shape index (κ3) is 3.44. The molecule has 9 nitrogen and oxygen atoms in total. The smallest absolute Gasteiger partial charge is 0.296 e. The van der Waals surface area contributed by atoms with Crippen molar-refractivity contribution in [3.63, 3.8) is 0 Å². The molecule has 3 heterocycles. The van der Waals surface area contributed by atoms with Gasteiger partial charge in [-0.3, -0.25) is 24.6 Å². The molecule has 0 saturated heterocycles. The van der Waals surface area contributed by atoms with Gasteiger partial charge in [0, 0.05) is 12.1 Å². The van der Waals surface area contributed by atoms with Crippen molar-refractivity contribution in [3.8, 4) is 0 Å². The van der Waals surface area contributed by atoms with E-state index in [0.717, 1.165) is 16.7 Å². The molecule has 0 unspecified atom stereocenters. The van der Waals surface area contributed by atoms with Gasteiger partial charge < -0.3 is 9.52 Å². The lowest BCUT2D eigenvalue weighted by Crippen LogP contribution is -2.31. The van der Waals surface area contributed by atoms with E-state index in [-0.39, 0.29) is 27.7 Å². The number of amides is 1. The molecule has 0 saturated carbocycles. The molecule has 0 aliphatic carbocycles. The Morgan fingerprint density at radius 2 is 2.06 bits per heavy atom. The lowest BCUT2D eigenvalue weighted by Gasteiger charge is -2.24. The van der Waals surface area contributed by atoms with E-state index >= 15 is 0 Å². The summed E-state index contributed by atoms with van der Waals surface area (Å²) in [6.07, 6.45) is 2.13. The molecule has 0 spiro atoms. The van der Waals surface area contributed by atoms with E-state index in [0.29, 0.717) is 5.52 Å². The highest BCUT2D eigenvalue weighted by Crippen LogP contribution is 2.44. The number of hydrogen-bond donors (Lipinski definition) is 1. The minimum atomic E-state index is -1.13. The van der Waals surface area contributed by atoms with Gasteiger partial charge in [-0.25, -0.2) is 4.98 Å². The highest BCUT2D eigenvalue weighted by molar-refractivity contribution is 7.22. The van der Waals surface area contributed by atoms with Crippen LogP contribution < -0.4 is 4.90 Å². The number of benzene rings is 2. The van der Waals surface area contributed by atoms with Gasteiger partial charge >= 0.3 is 0 Å². The zero-order valence-electron chi connectivity index (χ0n) is 17.8. The first-order valence-electron chi connectivity index (χ1n) is 10.4. The van der Waals surface area contributed by atoms with Crippen molar-refractivity contribution >= 4 is 44.1 Å². The predicted molar refractivity (Wildman–Crippen MR) is 125 cm³/mol. The minimum Gasteiger partial charge on any atom is -0.503 e. The number of anilines is 1. The number of aromatic nitrogens is 1. The van der Waals surface area contributed by atoms with Gasteiger partial charge in [0.25, 0.3) is 11.6 Å². The van der Waals surface area contributed by atoms with Crippen molar-refractivity contribution in [1.29, 1.82) is 0 Å². The zero-order chi connectivity index (χ0) is 24.0. The molecular formula is C24H17N3O6S. The fourth-order valence-electron chi connectivity index (χ4n) is 3.98. The molecule has 2 aromatic heterocycles. The van der Waals surface area contributed by atoms with Crippen LogP contribution in [-0.2, 0) is 11.2 Å². The van der Waals surface area contributed by atoms with Gasteiger partial charge in [-0.15, -0.1) is 0 Å². The number of furan rings is 1. The van der Waals surface area contributed by atoms with Crippen LogP contribution in [0.3, 0.4) is 0 Å². The molecule has 0 fully saturated rings. The van der Waals surface area contributed by atoms with E-state index < -0.39 is 28.4 Å². The summed E-state index contributed by atoms with van der Waals surface area (Å²) < 4.78 is 6.04. The normalized spacial score (nSPS) is 16.0. The van der Waals surface area contributed by atoms with Gasteiger partial charge in [0.05, 0.1) is 33.0 Å². The number of nitro groups is 1. The van der Waals surface area contributed by atoms with Crippen molar-refractivity contribution in [2.75, 3.05) is 4.90 Å². The Hall–Kier alpha value is -4.31. The van der Waals surface area contributed by atoms with Crippen molar-refractivity contribution in [2.24, 2.45) is 0 Å². The van der Waals surface area contributed by atoms with Crippen molar-refractivity contribution in [3.05, 3.63) is 99.2 Å². The van der Waals surface area contributed by atoms with E-state index in [4.69, 9.17) is 4.42 Å². The van der Waals surface area contributed by atoms with E-state index in [9.17, 15) is 24.8 Å². The molecule has 170 valence electrons. The number of non-ortho nitro benzene ring substituents is 1. The van der Waals surface area contributed by atoms with Crippen LogP contribution >= 0.6 is 11.3 Å². The number of thiazole rings is 1. The molecule has 0 bridgehead atoms. The van der Waals surface area contributed by atoms with Gasteiger partial charge in [-0.05, 0) is 41.8 Å². The molecule has 2 aromatic carbocycles. The number of carbonyl (C=O) groups is 2. The number of aliphatic hydroxyl groups excluding tert-OH is 1. The number of fused-ring (bicyclic) bond motifs is 1. The highest BCUT2D eigenvalue weighted by Gasteiger charge is 2.46. The highest BCUT2D eigenvalue weighted by atomic mass is 32.1. The average Bonchev–Trinajstić information content (AvgIpc) is 3.57. The first-order valence-corrected chi connectivity index (χ1v) is 11.2. The fourth-order valence-corrected chi connectivity index (χ4v) is 5.03. The van der Waals surface area contributed by atoms with Crippen molar-refractivity contribution < 1.29 is 24.0 Å². The zero-order valence-corrected chi connectivity index (χ0v) is 18.6. The van der Waals surface area contributed by atoms with Gasteiger partial charge in [0.1, 0.15) is 0 Å². The molecule has 1 N–H and O–H groups in total. The number of aryl methyl sites for hydroxylation is 1. The summed E-state index contributed by atoms with van der Waals surface area (Å²) in [5, 5.41) is 22.5. The maximum Gasteiger partial charge on any atom is 0.296 e. The third-order valence-corrected chi connectivity index (χ3v) is 6.67. The van der Waals surface area contributed by atoms with Crippen LogP contribution in [-0.4, -0.2) is 26.7 Å². The number of aliphatic hydroxyl groups is 1. The van der Waals surface area contributed by atoms with Crippen LogP contribution in [0.1, 0.15) is 34.6 Å². The van der Waals surface area contributed by atoms with Gasteiger partial charge in [-0.1, -0.05) is 36.5 Å². The van der Waals surface area contributed by atoms with E-state index in [1.165, 1.54) is 52.8 Å². The summed E-state index contributed by atoms with van der Waals surface area (Å²) in [5.41, 5.74) is 1.61. The van der Waals surface area contributed by atoms with Gasteiger partial charge in [-0.2, -0.15) is 0 Å². The van der Waals surface area contributed by atoms with Crippen LogP contribution in [0.15, 0.2) is 76.6 Å². The van der Waals surface area contributed by atoms with Crippen LogP contribution in [0.4, 0.5) is 10.8 Å². The van der Waals surface area contributed by atoms with Gasteiger partial charge in [0.15, 0.2) is 16.7 Å². The summed E-state index contributed by atoms with van der Waals surface area (Å²) in [6.45, 7) is 2.03. The summed E-state index contributed by atoms with van der Waals surface area (Å²) in [4.78, 5) is 43.1. The Kier molecular flexibility index (Phi) is 5.21. The molecule has 10 heteroatoms. The maximum absolute atomic E-state index is 13.3. The topological polar surface area (TPSA) is 127 Å². The molecule has 1 aliphatic rings. The number of ketones is 1. The third-order valence-electron chi connectivity index (χ3n) is 5.65. The summed E-state index contributed by atoms with van der Waals surface area (Å²) in [5.74, 6) is -2.32. The van der Waals surface area contributed by atoms with Crippen LogP contribution in [0.25, 0.3) is 10.2 Å². The SMILES string of the molecule is CCc1ccc2nc(N3C(=O)C(O)=C(C(=O)c4ccco4)[C@H]3c3cccc([N+](=O)[O-])c3)sc2c1. The Labute approximate surface area is 196 Å². The number of Topliss-reactive ketones (excluding diaryl/α,β-unsaturated/α-hetero) is 1. The summed E-state index contributed by atoms with van der Waals surface area (Å²) in [7, 11) is 0. The number of carbonyl (C=O) groups excluding carboxylic acids is 2. The standard InChI is InChI=1S/C24H17N3O6S/c1-2-13-8-9-16-18(11-13)34-24(25-16)26-20(14-5-3-6-15(12-14)27(31)32)19(22(29)23(26)30)21(28)17-7-4-10-33-17/h3-12,20,29H,2H2,1H3/t20-/m1/s1. The molecular weight excluding hydrogens is 458 g/mol. The second-order valence-corrected chi connectivity index (χ2v) is 8.66. The Morgan fingerprint density at radius 3 is 2.76 bits per heavy atom. The quantitative estimate of drug-likeness (QED) is 0.232. The van der Waals surface area contributed by atoms with Crippen molar-refractivity contribution in [2.45, 2.75) is 19.4 Å². The number of hydrogen-bond acceptors (Lipinski definition) is 8. The fraction of sp³-hybridized carbons (Fsp3) is 0.125. The van der Waals surface area contributed by atoms with E-state index in [1.54, 1.807) is 6.07 Å². The minimum absolute atomic E-state index is 0.0662. The lowest BCUT2D eigenvalue weighted by molar-refractivity contribution is -0.384. The Balaban J connectivity index is 1.69. The molecule has 0 radical (unpaired) electrons. The molecule has 1 amide bonds. The second kappa shape index (κ2) is 8.23. The Bertz CT molecular complexity index is 1490. The number of rotatable bonds is 6. The summed E-state index contributed by atoms with van der Waals surface area (Å²) >= 11 is 1.24. The second-order valence-electron chi connectivity index (χ2n) is 7.65. The lowest BCUT2D eigenvalue weighted by atomic mass is 9.95. The number of nitrogens with zero attached hydrogens (tertiary/aromatic N) is 3. The Morgan fingerprint density at radius 1 is 1.24 bits per heavy atom. The van der Waals surface area contributed by atoms with Crippen LogP contribution in [0.2, 0.25) is 0 Å². The number of nitro benzene ring substituents is 1.